The molecule has 5 heteroatoms. The largest absolute Gasteiger partial charge is 0.356 e. The third-order valence-corrected chi connectivity index (χ3v) is 3.89. The number of rotatable bonds is 2. The van der Waals surface area contributed by atoms with Gasteiger partial charge in [-0.25, -0.2) is 9.97 Å². The van der Waals surface area contributed by atoms with Gasteiger partial charge in [0.05, 0.1) is 5.39 Å². The Kier molecular flexibility index (Phi) is 2.91. The summed E-state index contributed by atoms with van der Waals surface area (Å²) in [4.78, 5) is 14.3. The van der Waals surface area contributed by atoms with Crippen molar-refractivity contribution in [3.8, 4) is 0 Å². The minimum Gasteiger partial charge on any atom is -0.356 e. The van der Waals surface area contributed by atoms with Crippen molar-refractivity contribution in [3.63, 3.8) is 0 Å². The van der Waals surface area contributed by atoms with Crippen LogP contribution in [0.15, 0.2) is 12.5 Å². The Morgan fingerprint density at radius 2 is 2.17 bits per heavy atom. The van der Waals surface area contributed by atoms with Crippen LogP contribution in [0.3, 0.4) is 0 Å². The number of hydrogen-bond acceptors (Lipinski definition) is 4. The van der Waals surface area contributed by atoms with Gasteiger partial charge < -0.3 is 15.6 Å². The van der Waals surface area contributed by atoms with Crippen molar-refractivity contribution in [2.24, 2.45) is 11.7 Å². The zero-order valence-electron chi connectivity index (χ0n) is 10.7. The highest BCUT2D eigenvalue weighted by Gasteiger charge is 2.21. The zero-order valence-corrected chi connectivity index (χ0v) is 10.7. The minimum atomic E-state index is 0.672. The SMILES string of the molecule is Cc1c[nH]c2ncnc(N3CCC(CN)CC3)c12. The van der Waals surface area contributed by atoms with Crippen LogP contribution in [0.1, 0.15) is 18.4 Å². The fourth-order valence-electron chi connectivity index (χ4n) is 2.72. The predicted octanol–water partition coefficient (Wildman–Crippen LogP) is 1.44. The van der Waals surface area contributed by atoms with Crippen molar-refractivity contribution in [1.29, 1.82) is 0 Å². The Balaban J connectivity index is 1.93. The molecule has 96 valence electrons. The van der Waals surface area contributed by atoms with Gasteiger partial charge >= 0.3 is 0 Å². The van der Waals surface area contributed by atoms with Gasteiger partial charge in [-0.3, -0.25) is 0 Å². The van der Waals surface area contributed by atoms with E-state index in [1.165, 1.54) is 5.56 Å². The summed E-state index contributed by atoms with van der Waals surface area (Å²) in [6.07, 6.45) is 5.95. The fraction of sp³-hybridized carbons (Fsp3) is 0.538. The van der Waals surface area contributed by atoms with Gasteiger partial charge in [-0.2, -0.15) is 0 Å². The summed E-state index contributed by atoms with van der Waals surface area (Å²) in [5, 5.41) is 1.16. The van der Waals surface area contributed by atoms with Crippen molar-refractivity contribution in [1.82, 2.24) is 15.0 Å². The molecule has 5 nitrogen and oxygen atoms in total. The smallest absolute Gasteiger partial charge is 0.143 e. The number of piperidine rings is 1. The minimum absolute atomic E-state index is 0.672. The van der Waals surface area contributed by atoms with Crippen molar-refractivity contribution in [3.05, 3.63) is 18.1 Å². The Hall–Kier alpha value is -1.62. The summed E-state index contributed by atoms with van der Waals surface area (Å²) in [7, 11) is 0. The highest BCUT2D eigenvalue weighted by Crippen LogP contribution is 2.28. The molecule has 0 amide bonds. The number of H-pyrrole nitrogens is 1. The summed E-state index contributed by atoms with van der Waals surface area (Å²) in [6.45, 7) is 4.98. The molecule has 0 saturated carbocycles. The first kappa shape index (κ1) is 11.5. The Labute approximate surface area is 106 Å². The third-order valence-electron chi connectivity index (χ3n) is 3.89. The quantitative estimate of drug-likeness (QED) is 0.840. The van der Waals surface area contributed by atoms with E-state index < -0.39 is 0 Å². The molecule has 1 fully saturated rings. The number of fused-ring (bicyclic) bond motifs is 1. The molecule has 2 aromatic rings. The monoisotopic (exact) mass is 245 g/mol. The lowest BCUT2D eigenvalue weighted by Crippen LogP contribution is -2.36. The maximum Gasteiger partial charge on any atom is 0.143 e. The van der Waals surface area contributed by atoms with Crippen LogP contribution in [0.5, 0.6) is 0 Å². The van der Waals surface area contributed by atoms with Gasteiger partial charge in [0, 0.05) is 19.3 Å². The second kappa shape index (κ2) is 4.57. The molecular weight excluding hydrogens is 226 g/mol. The molecule has 0 atom stereocenters. The molecule has 3 N–H and O–H groups in total. The van der Waals surface area contributed by atoms with Crippen LogP contribution in [-0.4, -0.2) is 34.6 Å². The molecule has 18 heavy (non-hydrogen) atoms. The first-order chi connectivity index (χ1) is 8.79. The van der Waals surface area contributed by atoms with E-state index in [2.05, 4.69) is 26.8 Å². The van der Waals surface area contributed by atoms with E-state index in [-0.39, 0.29) is 0 Å². The molecule has 1 aliphatic rings. The summed E-state index contributed by atoms with van der Waals surface area (Å²) in [5.41, 5.74) is 7.88. The summed E-state index contributed by atoms with van der Waals surface area (Å²) < 4.78 is 0. The highest BCUT2D eigenvalue weighted by atomic mass is 15.2. The number of hydrogen-bond donors (Lipinski definition) is 2. The Morgan fingerprint density at radius 1 is 1.39 bits per heavy atom. The van der Waals surface area contributed by atoms with Crippen LogP contribution in [0, 0.1) is 12.8 Å². The fourth-order valence-corrected chi connectivity index (χ4v) is 2.72. The number of nitrogens with one attached hydrogen (secondary N) is 1. The molecule has 0 aliphatic carbocycles. The molecule has 1 aliphatic heterocycles. The molecule has 3 heterocycles. The van der Waals surface area contributed by atoms with Gasteiger partial charge in [0.15, 0.2) is 0 Å². The highest BCUT2D eigenvalue weighted by molar-refractivity contribution is 5.90. The van der Waals surface area contributed by atoms with Gasteiger partial charge in [-0.1, -0.05) is 0 Å². The van der Waals surface area contributed by atoms with Crippen molar-refractivity contribution in [2.45, 2.75) is 19.8 Å². The average Bonchev–Trinajstić information content (AvgIpc) is 2.81. The standard InChI is InChI=1S/C13H19N5/c1-9-7-15-12-11(9)13(17-8-16-12)18-4-2-10(6-14)3-5-18/h7-8,10H,2-6,14H2,1H3,(H,15,16,17). The molecule has 3 rings (SSSR count). The van der Waals surface area contributed by atoms with Gasteiger partial charge in [-0.15, -0.1) is 0 Å². The summed E-state index contributed by atoms with van der Waals surface area (Å²) in [6, 6.07) is 0. The normalized spacial score (nSPS) is 17.6. The number of aromatic amines is 1. The van der Waals surface area contributed by atoms with Crippen LogP contribution in [0.2, 0.25) is 0 Å². The average molecular weight is 245 g/mol. The lowest BCUT2D eigenvalue weighted by molar-refractivity contribution is 0.413. The summed E-state index contributed by atoms with van der Waals surface area (Å²) in [5.74, 6) is 1.74. The van der Waals surface area contributed by atoms with Crippen molar-refractivity contribution < 1.29 is 0 Å². The van der Waals surface area contributed by atoms with Crippen LogP contribution in [0.25, 0.3) is 11.0 Å². The van der Waals surface area contributed by atoms with E-state index in [1.54, 1.807) is 6.33 Å². The van der Waals surface area contributed by atoms with Crippen LogP contribution < -0.4 is 10.6 Å². The number of aryl methyl sites for hydroxylation is 1. The molecule has 2 aromatic heterocycles. The molecule has 0 unspecified atom stereocenters. The molecule has 0 spiro atoms. The second-order valence-corrected chi connectivity index (χ2v) is 5.06. The van der Waals surface area contributed by atoms with E-state index in [9.17, 15) is 0 Å². The van der Waals surface area contributed by atoms with Crippen molar-refractivity contribution >= 4 is 16.9 Å². The second-order valence-electron chi connectivity index (χ2n) is 5.06. The molecule has 1 saturated heterocycles. The first-order valence-electron chi connectivity index (χ1n) is 6.53. The van der Waals surface area contributed by atoms with Gasteiger partial charge in [0.1, 0.15) is 17.8 Å². The molecule has 0 bridgehead atoms. The third kappa shape index (κ3) is 1.84. The molecule has 0 radical (unpaired) electrons. The maximum atomic E-state index is 5.74. The van der Waals surface area contributed by atoms with Crippen LogP contribution in [-0.2, 0) is 0 Å². The lowest BCUT2D eigenvalue weighted by Gasteiger charge is -2.32. The first-order valence-corrected chi connectivity index (χ1v) is 6.53. The van der Waals surface area contributed by atoms with E-state index >= 15 is 0 Å². The number of aromatic nitrogens is 3. The molecule has 0 aromatic carbocycles. The Morgan fingerprint density at radius 3 is 2.89 bits per heavy atom. The lowest BCUT2D eigenvalue weighted by atomic mass is 9.97. The topological polar surface area (TPSA) is 70.8 Å². The van der Waals surface area contributed by atoms with Crippen LogP contribution >= 0.6 is 0 Å². The summed E-state index contributed by atoms with van der Waals surface area (Å²) >= 11 is 0. The van der Waals surface area contributed by atoms with E-state index in [1.807, 2.05) is 6.20 Å². The Bertz CT molecular complexity index is 539. The van der Waals surface area contributed by atoms with Gasteiger partial charge in [-0.05, 0) is 37.8 Å². The number of anilines is 1. The number of nitrogens with two attached hydrogens (primary N) is 1. The van der Waals surface area contributed by atoms with Gasteiger partial charge in [0.2, 0.25) is 0 Å². The van der Waals surface area contributed by atoms with Crippen molar-refractivity contribution in [2.75, 3.05) is 24.5 Å². The van der Waals surface area contributed by atoms with Crippen LogP contribution in [0.4, 0.5) is 5.82 Å². The predicted molar refractivity (Wildman–Crippen MR) is 72.6 cm³/mol. The molecular formula is C13H19N5. The van der Waals surface area contributed by atoms with Gasteiger partial charge in [0.25, 0.3) is 0 Å². The zero-order chi connectivity index (χ0) is 12.5. The number of nitrogens with zero attached hydrogens (tertiary/aromatic N) is 3. The van der Waals surface area contributed by atoms with E-state index in [0.29, 0.717) is 5.92 Å². The van der Waals surface area contributed by atoms with E-state index in [0.717, 1.165) is 49.3 Å². The van der Waals surface area contributed by atoms with E-state index in [4.69, 9.17) is 5.73 Å². The maximum absolute atomic E-state index is 5.74.